The standard InChI is InChI=1S/C26H38N4O3/c31-24(27-15-20-6-5-13-28-12-2-1-7-22(20)28)9-4-10-25(32)29-16-19-14-21(18-29)23-8-3-11-26(33)30(23)17-19/h3,8,11,19-22H,1-2,4-7,9-10,12-18H2,(H,27,31). The number of hydrogen-bond donors (Lipinski definition) is 1. The maximum atomic E-state index is 12.9. The van der Waals surface area contributed by atoms with E-state index in [1.54, 1.807) is 6.07 Å². The Kier molecular flexibility index (Phi) is 6.86. The summed E-state index contributed by atoms with van der Waals surface area (Å²) < 4.78 is 1.89. The van der Waals surface area contributed by atoms with Crippen molar-refractivity contribution in [2.75, 3.05) is 32.7 Å². The van der Waals surface area contributed by atoms with E-state index in [2.05, 4.69) is 10.2 Å². The van der Waals surface area contributed by atoms with Crippen LogP contribution < -0.4 is 10.9 Å². The lowest BCUT2D eigenvalue weighted by molar-refractivity contribution is -0.134. The number of pyridine rings is 1. The number of piperidine rings is 3. The molecule has 0 spiro atoms. The summed E-state index contributed by atoms with van der Waals surface area (Å²) >= 11 is 0. The number of aromatic nitrogens is 1. The molecule has 0 aliphatic carbocycles. The van der Waals surface area contributed by atoms with Crippen LogP contribution in [0, 0.1) is 11.8 Å². The number of nitrogens with zero attached hydrogens (tertiary/aromatic N) is 3. The first-order chi connectivity index (χ1) is 16.1. The van der Waals surface area contributed by atoms with Gasteiger partial charge in [0, 0.05) is 62.7 Å². The number of amides is 2. The van der Waals surface area contributed by atoms with Crippen LogP contribution in [0.25, 0.3) is 0 Å². The molecule has 0 saturated carbocycles. The highest BCUT2D eigenvalue weighted by molar-refractivity contribution is 5.79. The highest BCUT2D eigenvalue weighted by atomic mass is 16.2. The topological polar surface area (TPSA) is 74.6 Å². The molecule has 7 heteroatoms. The monoisotopic (exact) mass is 454 g/mol. The van der Waals surface area contributed by atoms with E-state index in [0.717, 1.165) is 25.2 Å². The van der Waals surface area contributed by atoms with Crippen LogP contribution in [0.4, 0.5) is 0 Å². The second-order valence-electron chi connectivity index (χ2n) is 10.7. The van der Waals surface area contributed by atoms with E-state index in [4.69, 9.17) is 0 Å². The Hall–Kier alpha value is -2.15. The summed E-state index contributed by atoms with van der Waals surface area (Å²) in [7, 11) is 0. The fraction of sp³-hybridized carbons (Fsp3) is 0.731. The van der Waals surface area contributed by atoms with Crippen LogP contribution >= 0.6 is 0 Å². The molecule has 180 valence electrons. The molecular formula is C26H38N4O3. The predicted octanol–water partition coefficient (Wildman–Crippen LogP) is 2.35. The van der Waals surface area contributed by atoms with E-state index in [-0.39, 0.29) is 23.3 Å². The molecule has 2 bridgehead atoms. The van der Waals surface area contributed by atoms with E-state index in [1.165, 1.54) is 45.2 Å². The molecule has 2 amide bonds. The summed E-state index contributed by atoms with van der Waals surface area (Å²) in [4.78, 5) is 42.1. The van der Waals surface area contributed by atoms with E-state index in [0.29, 0.717) is 50.2 Å². The van der Waals surface area contributed by atoms with Gasteiger partial charge in [0.25, 0.3) is 5.56 Å². The summed E-state index contributed by atoms with van der Waals surface area (Å²) in [5.74, 6) is 1.40. The lowest BCUT2D eigenvalue weighted by Gasteiger charge is -2.44. The minimum atomic E-state index is 0.0670. The van der Waals surface area contributed by atoms with Gasteiger partial charge >= 0.3 is 0 Å². The van der Waals surface area contributed by atoms with Gasteiger partial charge in [-0.25, -0.2) is 0 Å². The third-order valence-electron chi connectivity index (χ3n) is 8.42. The second-order valence-corrected chi connectivity index (χ2v) is 10.7. The van der Waals surface area contributed by atoms with Gasteiger partial charge in [-0.05, 0) is 69.5 Å². The number of likely N-dealkylation sites (tertiary alicyclic amines) is 1. The molecule has 4 aliphatic heterocycles. The zero-order valence-corrected chi connectivity index (χ0v) is 19.7. The fourth-order valence-electron chi connectivity index (χ4n) is 6.81. The fourth-order valence-corrected chi connectivity index (χ4v) is 6.81. The molecule has 5 heterocycles. The number of nitrogens with one attached hydrogen (secondary N) is 1. The van der Waals surface area contributed by atoms with Crippen LogP contribution in [0.5, 0.6) is 0 Å². The Morgan fingerprint density at radius 3 is 2.79 bits per heavy atom. The summed E-state index contributed by atoms with van der Waals surface area (Å²) in [5, 5.41) is 3.16. The van der Waals surface area contributed by atoms with Crippen LogP contribution in [0.2, 0.25) is 0 Å². The zero-order valence-electron chi connectivity index (χ0n) is 19.7. The summed E-state index contributed by atoms with van der Waals surface area (Å²) in [6.07, 6.45) is 8.85. The molecule has 4 aliphatic rings. The molecule has 0 aromatic carbocycles. The predicted molar refractivity (Wildman–Crippen MR) is 127 cm³/mol. The second kappa shape index (κ2) is 10.00. The Morgan fingerprint density at radius 1 is 1.00 bits per heavy atom. The largest absolute Gasteiger partial charge is 0.356 e. The lowest BCUT2D eigenvalue weighted by atomic mass is 9.83. The van der Waals surface area contributed by atoms with E-state index in [9.17, 15) is 14.4 Å². The van der Waals surface area contributed by atoms with Crippen molar-refractivity contribution in [1.29, 1.82) is 0 Å². The molecule has 0 radical (unpaired) electrons. The van der Waals surface area contributed by atoms with Crippen molar-refractivity contribution in [3.63, 3.8) is 0 Å². The quantitative estimate of drug-likeness (QED) is 0.716. The van der Waals surface area contributed by atoms with Crippen molar-refractivity contribution in [3.8, 4) is 0 Å². The average Bonchev–Trinajstić information content (AvgIpc) is 2.83. The minimum absolute atomic E-state index is 0.0670. The maximum absolute atomic E-state index is 12.9. The van der Waals surface area contributed by atoms with Gasteiger partial charge in [-0.3, -0.25) is 14.4 Å². The van der Waals surface area contributed by atoms with Gasteiger partial charge in [0.05, 0.1) is 0 Å². The number of carbonyl (C=O) groups is 2. The van der Waals surface area contributed by atoms with Crippen molar-refractivity contribution >= 4 is 11.8 Å². The van der Waals surface area contributed by atoms with Crippen molar-refractivity contribution in [2.24, 2.45) is 11.8 Å². The first-order valence-corrected chi connectivity index (χ1v) is 13.1. The smallest absolute Gasteiger partial charge is 0.250 e. The Labute approximate surface area is 196 Å². The molecule has 5 rings (SSSR count). The Balaban J connectivity index is 1.05. The van der Waals surface area contributed by atoms with Gasteiger partial charge in [0.1, 0.15) is 0 Å². The molecule has 1 aromatic heterocycles. The molecule has 3 saturated heterocycles. The molecule has 1 aromatic rings. The first kappa shape index (κ1) is 22.6. The highest BCUT2D eigenvalue weighted by Crippen LogP contribution is 2.35. The molecule has 33 heavy (non-hydrogen) atoms. The number of rotatable bonds is 6. The van der Waals surface area contributed by atoms with Gasteiger partial charge in [-0.2, -0.15) is 0 Å². The molecule has 7 nitrogen and oxygen atoms in total. The normalized spacial score (nSPS) is 29.2. The lowest BCUT2D eigenvalue weighted by Crippen LogP contribution is -2.51. The number of hydrogen-bond acceptors (Lipinski definition) is 4. The number of carbonyl (C=O) groups excluding carboxylic acids is 2. The van der Waals surface area contributed by atoms with E-state index in [1.807, 2.05) is 21.6 Å². The summed E-state index contributed by atoms with van der Waals surface area (Å²) in [6.45, 7) is 5.33. The van der Waals surface area contributed by atoms with Crippen LogP contribution in [-0.4, -0.2) is 64.9 Å². The highest BCUT2D eigenvalue weighted by Gasteiger charge is 2.36. The minimum Gasteiger partial charge on any atom is -0.356 e. The molecule has 3 fully saturated rings. The summed E-state index contributed by atoms with van der Waals surface area (Å²) in [6, 6.07) is 6.12. The van der Waals surface area contributed by atoms with Gasteiger partial charge in [0.2, 0.25) is 11.8 Å². The van der Waals surface area contributed by atoms with Crippen molar-refractivity contribution in [1.82, 2.24) is 19.7 Å². The Morgan fingerprint density at radius 2 is 1.88 bits per heavy atom. The van der Waals surface area contributed by atoms with Crippen LogP contribution in [0.1, 0.15) is 69.4 Å². The van der Waals surface area contributed by atoms with Crippen molar-refractivity contribution in [3.05, 3.63) is 34.2 Å². The van der Waals surface area contributed by atoms with Gasteiger partial charge in [0.15, 0.2) is 0 Å². The third-order valence-corrected chi connectivity index (χ3v) is 8.42. The van der Waals surface area contributed by atoms with Crippen LogP contribution in [-0.2, 0) is 16.1 Å². The maximum Gasteiger partial charge on any atom is 0.250 e. The average molecular weight is 455 g/mol. The molecular weight excluding hydrogens is 416 g/mol. The van der Waals surface area contributed by atoms with E-state index < -0.39 is 0 Å². The van der Waals surface area contributed by atoms with Crippen LogP contribution in [0.3, 0.4) is 0 Å². The van der Waals surface area contributed by atoms with Crippen molar-refractivity contribution < 1.29 is 9.59 Å². The van der Waals surface area contributed by atoms with Crippen LogP contribution in [0.15, 0.2) is 23.0 Å². The molecule has 4 atom stereocenters. The molecule has 4 unspecified atom stereocenters. The molecule has 1 N–H and O–H groups in total. The SMILES string of the molecule is O=C(CCCC(=O)N1CC2CC(C1)c1cccc(=O)n1C2)NCC1CCCN2CCCCC12. The zero-order chi connectivity index (χ0) is 22.8. The van der Waals surface area contributed by atoms with E-state index >= 15 is 0 Å². The van der Waals surface area contributed by atoms with Gasteiger partial charge in [-0.15, -0.1) is 0 Å². The Bertz CT molecular complexity index is 926. The third kappa shape index (κ3) is 5.03. The van der Waals surface area contributed by atoms with Gasteiger partial charge < -0.3 is 19.7 Å². The van der Waals surface area contributed by atoms with Gasteiger partial charge in [-0.1, -0.05) is 12.5 Å². The van der Waals surface area contributed by atoms with Crippen molar-refractivity contribution in [2.45, 2.75) is 76.3 Å². The first-order valence-electron chi connectivity index (χ1n) is 13.1. The number of fused-ring (bicyclic) bond motifs is 5. The summed E-state index contributed by atoms with van der Waals surface area (Å²) in [5.41, 5.74) is 1.13.